The molecule has 0 saturated heterocycles. The lowest BCUT2D eigenvalue weighted by atomic mass is 10.1. The molecule has 5 nitrogen and oxygen atoms in total. The van der Waals surface area contributed by atoms with Gasteiger partial charge < -0.3 is 10.4 Å². The number of nitrogens with one attached hydrogen (secondary N) is 2. The van der Waals surface area contributed by atoms with Gasteiger partial charge in [0.2, 0.25) is 5.95 Å². The molecular weight excluding hydrogens is 273 g/mol. The molecule has 0 aliphatic rings. The van der Waals surface area contributed by atoms with E-state index < -0.39 is 0 Å². The molecule has 21 heavy (non-hydrogen) atoms. The van der Waals surface area contributed by atoms with Gasteiger partial charge in [0.15, 0.2) is 0 Å². The summed E-state index contributed by atoms with van der Waals surface area (Å²) in [6, 6.07) is 6.29. The molecular formula is C15H18FN3O2. The highest BCUT2D eigenvalue weighted by Crippen LogP contribution is 2.05. The lowest BCUT2D eigenvalue weighted by molar-refractivity contribution is 0.298. The zero-order chi connectivity index (χ0) is 15.2. The van der Waals surface area contributed by atoms with Crippen LogP contribution in [-0.4, -0.2) is 28.2 Å². The van der Waals surface area contributed by atoms with Gasteiger partial charge in [0.05, 0.1) is 5.69 Å². The van der Waals surface area contributed by atoms with Gasteiger partial charge in [-0.1, -0.05) is 12.1 Å². The number of hydrogen-bond acceptors (Lipinski definition) is 4. The van der Waals surface area contributed by atoms with Crippen molar-refractivity contribution in [2.24, 2.45) is 0 Å². The van der Waals surface area contributed by atoms with Crippen LogP contribution in [0.2, 0.25) is 0 Å². The molecule has 1 aromatic carbocycles. The van der Waals surface area contributed by atoms with E-state index in [0.717, 1.165) is 5.56 Å². The summed E-state index contributed by atoms with van der Waals surface area (Å²) in [4.78, 5) is 18.7. The normalized spacial score (nSPS) is 10.6. The first-order valence-corrected chi connectivity index (χ1v) is 6.79. The predicted molar refractivity (Wildman–Crippen MR) is 79.0 cm³/mol. The molecule has 6 heteroatoms. The minimum Gasteiger partial charge on any atom is -0.396 e. The summed E-state index contributed by atoms with van der Waals surface area (Å²) in [6.07, 6.45) is 0.992. The molecule has 3 N–H and O–H groups in total. The van der Waals surface area contributed by atoms with Crippen molar-refractivity contribution in [2.45, 2.75) is 19.8 Å². The van der Waals surface area contributed by atoms with Crippen LogP contribution in [0, 0.1) is 12.7 Å². The number of H-pyrrole nitrogens is 1. The molecule has 0 bridgehead atoms. The Morgan fingerprint density at radius 3 is 2.62 bits per heavy atom. The monoisotopic (exact) mass is 291 g/mol. The Balaban J connectivity index is 1.97. The van der Waals surface area contributed by atoms with Crippen LogP contribution in [0.25, 0.3) is 0 Å². The number of halogens is 1. The fraction of sp³-hybridized carbons (Fsp3) is 0.333. The largest absolute Gasteiger partial charge is 0.396 e. The topological polar surface area (TPSA) is 78.0 Å². The lowest BCUT2D eigenvalue weighted by Gasteiger charge is -2.08. The number of aromatic nitrogens is 2. The van der Waals surface area contributed by atoms with Crippen LogP contribution < -0.4 is 10.9 Å². The number of anilines is 1. The predicted octanol–water partition coefficient (Wildman–Crippen LogP) is 1.41. The first kappa shape index (κ1) is 15.2. The Morgan fingerprint density at radius 2 is 2.00 bits per heavy atom. The van der Waals surface area contributed by atoms with Gasteiger partial charge in [-0.2, -0.15) is 0 Å². The number of aliphatic hydroxyl groups excluding tert-OH is 1. The molecule has 0 spiro atoms. The highest BCUT2D eigenvalue weighted by atomic mass is 19.1. The summed E-state index contributed by atoms with van der Waals surface area (Å²) in [7, 11) is 0. The third-order valence-corrected chi connectivity index (χ3v) is 3.20. The molecule has 1 aromatic heterocycles. The van der Waals surface area contributed by atoms with E-state index in [1.807, 2.05) is 0 Å². The van der Waals surface area contributed by atoms with E-state index in [9.17, 15) is 9.18 Å². The maximum atomic E-state index is 12.8. The van der Waals surface area contributed by atoms with Gasteiger partial charge in [-0.3, -0.25) is 9.78 Å². The maximum Gasteiger partial charge on any atom is 0.255 e. The second kappa shape index (κ2) is 6.99. The Bertz CT molecular complexity index is 653. The van der Waals surface area contributed by atoms with Crippen molar-refractivity contribution in [1.29, 1.82) is 0 Å². The molecule has 0 radical (unpaired) electrons. The zero-order valence-electron chi connectivity index (χ0n) is 11.8. The summed E-state index contributed by atoms with van der Waals surface area (Å²) in [5.74, 6) is 0.147. The van der Waals surface area contributed by atoms with Crippen molar-refractivity contribution >= 4 is 5.95 Å². The SMILES string of the molecule is Cc1nc(NCCc2ccc(F)cc2)[nH]c(=O)c1CCO. The minimum absolute atomic E-state index is 0.0804. The molecule has 1 heterocycles. The number of aliphatic hydroxyl groups is 1. The van der Waals surface area contributed by atoms with E-state index in [-0.39, 0.29) is 18.0 Å². The fourth-order valence-electron chi connectivity index (χ4n) is 2.08. The first-order valence-electron chi connectivity index (χ1n) is 6.79. The Kier molecular flexibility index (Phi) is 5.05. The van der Waals surface area contributed by atoms with Gasteiger partial charge in [0, 0.05) is 25.1 Å². The first-order chi connectivity index (χ1) is 10.1. The van der Waals surface area contributed by atoms with Crippen molar-refractivity contribution in [2.75, 3.05) is 18.5 Å². The molecule has 2 rings (SSSR count). The molecule has 0 saturated carbocycles. The summed E-state index contributed by atoms with van der Waals surface area (Å²) in [5, 5.41) is 11.9. The Morgan fingerprint density at radius 1 is 1.29 bits per heavy atom. The summed E-state index contributed by atoms with van der Waals surface area (Å²) in [5.41, 5.74) is 1.87. The van der Waals surface area contributed by atoms with Gasteiger partial charge in [0.25, 0.3) is 5.56 Å². The van der Waals surface area contributed by atoms with Crippen LogP contribution >= 0.6 is 0 Å². The summed E-state index contributed by atoms with van der Waals surface area (Å²) >= 11 is 0. The number of benzene rings is 1. The highest BCUT2D eigenvalue weighted by molar-refractivity contribution is 5.30. The van der Waals surface area contributed by atoms with Crippen LogP contribution in [0.3, 0.4) is 0 Å². The average Bonchev–Trinajstić information content (AvgIpc) is 2.45. The fourth-order valence-corrected chi connectivity index (χ4v) is 2.08. The van der Waals surface area contributed by atoms with Crippen molar-refractivity contribution in [3.63, 3.8) is 0 Å². The third-order valence-electron chi connectivity index (χ3n) is 3.20. The number of aryl methyl sites for hydroxylation is 1. The minimum atomic E-state index is -0.257. The van der Waals surface area contributed by atoms with Crippen LogP contribution in [0.15, 0.2) is 29.1 Å². The quantitative estimate of drug-likeness (QED) is 0.752. The van der Waals surface area contributed by atoms with E-state index in [1.165, 1.54) is 12.1 Å². The van der Waals surface area contributed by atoms with E-state index in [2.05, 4.69) is 15.3 Å². The number of rotatable bonds is 6. The van der Waals surface area contributed by atoms with Gasteiger partial charge in [-0.25, -0.2) is 9.37 Å². The summed E-state index contributed by atoms with van der Waals surface area (Å²) < 4.78 is 12.8. The highest BCUT2D eigenvalue weighted by Gasteiger charge is 2.07. The number of nitrogens with zero attached hydrogens (tertiary/aromatic N) is 1. The Labute approximate surface area is 121 Å². The average molecular weight is 291 g/mol. The smallest absolute Gasteiger partial charge is 0.255 e. The molecule has 0 unspecified atom stereocenters. The van der Waals surface area contributed by atoms with Crippen LogP contribution in [0.4, 0.5) is 10.3 Å². The number of aromatic amines is 1. The van der Waals surface area contributed by atoms with Crippen molar-refractivity contribution in [3.8, 4) is 0 Å². The van der Waals surface area contributed by atoms with Crippen molar-refractivity contribution in [3.05, 3.63) is 57.3 Å². The van der Waals surface area contributed by atoms with Gasteiger partial charge in [-0.05, 0) is 31.0 Å². The molecule has 2 aromatic rings. The standard InChI is InChI=1S/C15H18FN3O2/c1-10-13(7-9-20)14(21)19-15(18-10)17-8-6-11-2-4-12(16)5-3-11/h2-5,20H,6-9H2,1H3,(H2,17,18,19,21). The van der Waals surface area contributed by atoms with Crippen molar-refractivity contribution in [1.82, 2.24) is 9.97 Å². The van der Waals surface area contributed by atoms with E-state index in [0.29, 0.717) is 36.6 Å². The van der Waals surface area contributed by atoms with Crippen LogP contribution in [0.5, 0.6) is 0 Å². The Hall–Kier alpha value is -2.21. The van der Waals surface area contributed by atoms with Gasteiger partial charge in [-0.15, -0.1) is 0 Å². The summed E-state index contributed by atoms with van der Waals surface area (Å²) in [6.45, 7) is 2.24. The molecule has 0 fully saturated rings. The second-order valence-electron chi connectivity index (χ2n) is 4.76. The molecule has 112 valence electrons. The maximum absolute atomic E-state index is 12.8. The van der Waals surface area contributed by atoms with E-state index in [4.69, 9.17) is 5.11 Å². The third kappa shape index (κ3) is 4.13. The van der Waals surface area contributed by atoms with Gasteiger partial charge >= 0.3 is 0 Å². The van der Waals surface area contributed by atoms with Crippen molar-refractivity contribution < 1.29 is 9.50 Å². The van der Waals surface area contributed by atoms with Crippen LogP contribution in [0.1, 0.15) is 16.8 Å². The van der Waals surface area contributed by atoms with E-state index >= 15 is 0 Å². The van der Waals surface area contributed by atoms with Gasteiger partial charge in [0.1, 0.15) is 5.82 Å². The molecule has 0 amide bonds. The number of hydrogen-bond donors (Lipinski definition) is 3. The zero-order valence-corrected chi connectivity index (χ0v) is 11.8. The van der Waals surface area contributed by atoms with Crippen LogP contribution in [-0.2, 0) is 12.8 Å². The second-order valence-corrected chi connectivity index (χ2v) is 4.76. The molecule has 0 atom stereocenters. The molecule has 0 aliphatic carbocycles. The lowest BCUT2D eigenvalue weighted by Crippen LogP contribution is -2.20. The molecule has 0 aliphatic heterocycles. The van der Waals surface area contributed by atoms with E-state index in [1.54, 1.807) is 19.1 Å².